The summed E-state index contributed by atoms with van der Waals surface area (Å²) in [6.07, 6.45) is -0.574. The van der Waals surface area contributed by atoms with Crippen LogP contribution in [0.2, 0.25) is 0 Å². The Morgan fingerprint density at radius 1 is 0.903 bits per heavy atom. The number of fused-ring (bicyclic) bond motifs is 1. The van der Waals surface area contributed by atoms with E-state index in [4.69, 9.17) is 13.9 Å². The van der Waals surface area contributed by atoms with Gasteiger partial charge in [-0.15, -0.1) is 0 Å². The number of hydrogen-bond donors (Lipinski definition) is 0. The Morgan fingerprint density at radius 2 is 1.52 bits per heavy atom. The van der Waals surface area contributed by atoms with Crippen molar-refractivity contribution in [3.8, 4) is 5.75 Å². The zero-order valence-corrected chi connectivity index (χ0v) is 17.2. The number of amides is 1. The number of anilines is 2. The molecule has 0 aliphatic rings. The fraction of sp³-hybridized carbons (Fsp3) is 0.120. The van der Waals surface area contributed by atoms with Gasteiger partial charge in [0, 0.05) is 5.39 Å². The van der Waals surface area contributed by atoms with Crippen molar-refractivity contribution < 1.29 is 23.5 Å². The number of para-hydroxylation sites is 2. The van der Waals surface area contributed by atoms with Crippen molar-refractivity contribution in [1.82, 2.24) is 0 Å². The molecule has 1 aromatic heterocycles. The molecule has 0 radical (unpaired) electrons. The van der Waals surface area contributed by atoms with Crippen molar-refractivity contribution in [2.45, 2.75) is 13.8 Å². The first-order valence-corrected chi connectivity index (χ1v) is 9.90. The highest BCUT2D eigenvalue weighted by Crippen LogP contribution is 2.31. The number of carbonyl (C=O) groups is 2. The quantitative estimate of drug-likeness (QED) is 0.360. The molecule has 0 spiro atoms. The van der Waals surface area contributed by atoms with Gasteiger partial charge in [-0.3, -0.25) is 0 Å². The highest BCUT2D eigenvalue weighted by molar-refractivity contribution is 6.05. The number of carbonyl (C=O) groups excluding carboxylic acids is 2. The van der Waals surface area contributed by atoms with Crippen LogP contribution < -0.4 is 9.64 Å². The Labute approximate surface area is 179 Å². The highest BCUT2D eigenvalue weighted by atomic mass is 16.6. The van der Waals surface area contributed by atoms with Crippen LogP contribution in [0.4, 0.5) is 16.2 Å². The third-order valence-electron chi connectivity index (χ3n) is 4.73. The maximum absolute atomic E-state index is 13.2. The zero-order valence-electron chi connectivity index (χ0n) is 17.2. The van der Waals surface area contributed by atoms with Crippen LogP contribution in [0.5, 0.6) is 5.75 Å². The van der Waals surface area contributed by atoms with Gasteiger partial charge in [0.25, 0.3) is 0 Å². The maximum atomic E-state index is 13.2. The summed E-state index contributed by atoms with van der Waals surface area (Å²) in [5.74, 6) is 0.269. The Bertz CT molecular complexity index is 1180. The van der Waals surface area contributed by atoms with Gasteiger partial charge in [0.05, 0.1) is 18.0 Å². The van der Waals surface area contributed by atoms with Gasteiger partial charge < -0.3 is 13.9 Å². The second-order valence-electron chi connectivity index (χ2n) is 6.79. The van der Waals surface area contributed by atoms with E-state index < -0.39 is 12.1 Å². The molecule has 1 heterocycles. The predicted octanol–water partition coefficient (Wildman–Crippen LogP) is 6.26. The first-order valence-electron chi connectivity index (χ1n) is 9.90. The van der Waals surface area contributed by atoms with Crippen molar-refractivity contribution in [3.05, 3.63) is 90.2 Å². The smallest absolute Gasteiger partial charge is 0.424 e. The van der Waals surface area contributed by atoms with Crippen LogP contribution in [0.15, 0.2) is 83.3 Å². The Balaban J connectivity index is 1.69. The van der Waals surface area contributed by atoms with Gasteiger partial charge in [-0.05, 0) is 56.3 Å². The Hall–Kier alpha value is -4.06. The van der Waals surface area contributed by atoms with E-state index in [0.717, 1.165) is 0 Å². The summed E-state index contributed by atoms with van der Waals surface area (Å²) in [6, 6.07) is 23.4. The molecule has 0 bridgehead atoms. The van der Waals surface area contributed by atoms with Crippen LogP contribution in [0.25, 0.3) is 11.0 Å². The highest BCUT2D eigenvalue weighted by Gasteiger charge is 2.23. The molecular formula is C25H21NO5. The van der Waals surface area contributed by atoms with Gasteiger partial charge in [0.2, 0.25) is 0 Å². The van der Waals surface area contributed by atoms with Gasteiger partial charge in [0.1, 0.15) is 22.7 Å². The molecule has 0 fully saturated rings. The number of esters is 1. The summed E-state index contributed by atoms with van der Waals surface area (Å²) in [5.41, 5.74) is 2.19. The lowest BCUT2D eigenvalue weighted by Crippen LogP contribution is -2.29. The Kier molecular flexibility index (Phi) is 5.71. The Morgan fingerprint density at radius 3 is 2.10 bits per heavy atom. The van der Waals surface area contributed by atoms with Gasteiger partial charge in [0.15, 0.2) is 0 Å². The topological polar surface area (TPSA) is 69.0 Å². The van der Waals surface area contributed by atoms with E-state index in [1.165, 1.54) is 4.90 Å². The SMILES string of the molecule is CCOC(=O)c1c(C)oc2ccc(OC(=O)N(c3ccccc3)c3ccccc3)cc12. The number of aryl methyl sites for hydroxylation is 1. The lowest BCUT2D eigenvalue weighted by atomic mass is 10.1. The molecule has 0 atom stereocenters. The van der Waals surface area contributed by atoms with Gasteiger partial charge in [-0.25, -0.2) is 14.5 Å². The van der Waals surface area contributed by atoms with Crippen LogP contribution in [-0.2, 0) is 4.74 Å². The third-order valence-corrected chi connectivity index (χ3v) is 4.73. The van der Waals surface area contributed by atoms with Crippen LogP contribution in [0.3, 0.4) is 0 Å². The lowest BCUT2D eigenvalue weighted by Gasteiger charge is -2.22. The normalized spacial score (nSPS) is 10.6. The first kappa shape index (κ1) is 20.2. The summed E-state index contributed by atoms with van der Waals surface area (Å²) >= 11 is 0. The van der Waals surface area contributed by atoms with Gasteiger partial charge in [-0.2, -0.15) is 0 Å². The number of ether oxygens (including phenoxy) is 2. The van der Waals surface area contributed by atoms with Crippen LogP contribution in [0, 0.1) is 6.92 Å². The molecule has 156 valence electrons. The van der Waals surface area contributed by atoms with Crippen molar-refractivity contribution in [1.29, 1.82) is 0 Å². The maximum Gasteiger partial charge on any atom is 0.424 e. The fourth-order valence-electron chi connectivity index (χ4n) is 3.38. The molecule has 1 amide bonds. The van der Waals surface area contributed by atoms with Crippen molar-refractivity contribution in [3.63, 3.8) is 0 Å². The predicted molar refractivity (Wildman–Crippen MR) is 118 cm³/mol. The second kappa shape index (κ2) is 8.75. The molecule has 0 saturated heterocycles. The number of rotatable bonds is 5. The number of furan rings is 1. The van der Waals surface area contributed by atoms with Crippen molar-refractivity contribution >= 4 is 34.4 Å². The summed E-state index contributed by atoms with van der Waals surface area (Å²) in [5, 5.41) is 0.534. The minimum Gasteiger partial charge on any atom is -0.462 e. The molecule has 0 saturated carbocycles. The summed E-state index contributed by atoms with van der Waals surface area (Å²) in [4.78, 5) is 27.0. The van der Waals surface area contributed by atoms with Gasteiger partial charge >= 0.3 is 12.1 Å². The largest absolute Gasteiger partial charge is 0.462 e. The van der Waals surface area contributed by atoms with E-state index in [0.29, 0.717) is 39.4 Å². The molecule has 3 aromatic carbocycles. The van der Waals surface area contributed by atoms with Crippen LogP contribution in [-0.4, -0.2) is 18.7 Å². The van der Waals surface area contributed by atoms with E-state index in [-0.39, 0.29) is 6.61 Å². The van der Waals surface area contributed by atoms with E-state index in [1.54, 1.807) is 32.0 Å². The fourth-order valence-corrected chi connectivity index (χ4v) is 3.38. The monoisotopic (exact) mass is 415 g/mol. The average molecular weight is 415 g/mol. The molecule has 0 unspecified atom stereocenters. The minimum atomic E-state index is -0.574. The van der Waals surface area contributed by atoms with E-state index >= 15 is 0 Å². The molecule has 4 rings (SSSR count). The molecule has 31 heavy (non-hydrogen) atoms. The standard InChI is InChI=1S/C25H21NO5/c1-3-29-24(27)23-17(2)30-22-15-14-20(16-21(22)23)31-25(28)26(18-10-6-4-7-11-18)19-12-8-5-9-13-19/h4-16H,3H2,1-2H3. The number of hydrogen-bond acceptors (Lipinski definition) is 5. The number of benzene rings is 3. The summed E-state index contributed by atoms with van der Waals surface area (Å²) in [7, 11) is 0. The minimum absolute atomic E-state index is 0.253. The molecule has 4 aromatic rings. The molecule has 0 aliphatic carbocycles. The first-order chi connectivity index (χ1) is 15.1. The molecule has 0 aliphatic heterocycles. The molecule has 6 nitrogen and oxygen atoms in total. The summed E-state index contributed by atoms with van der Waals surface area (Å²) < 4.78 is 16.5. The third kappa shape index (κ3) is 4.14. The second-order valence-corrected chi connectivity index (χ2v) is 6.79. The summed E-state index contributed by atoms with van der Waals surface area (Å²) in [6.45, 7) is 3.69. The number of nitrogens with zero attached hydrogens (tertiary/aromatic N) is 1. The van der Waals surface area contributed by atoms with Crippen LogP contribution in [0.1, 0.15) is 23.0 Å². The van der Waals surface area contributed by atoms with Crippen molar-refractivity contribution in [2.24, 2.45) is 0 Å². The van der Waals surface area contributed by atoms with Gasteiger partial charge in [-0.1, -0.05) is 36.4 Å². The average Bonchev–Trinajstić information content (AvgIpc) is 3.10. The molecule has 0 N–H and O–H groups in total. The van der Waals surface area contributed by atoms with Crippen LogP contribution >= 0.6 is 0 Å². The molecule has 6 heteroatoms. The van der Waals surface area contributed by atoms with Crippen molar-refractivity contribution in [2.75, 3.05) is 11.5 Å². The van der Waals surface area contributed by atoms with E-state index in [1.807, 2.05) is 60.7 Å². The molecular weight excluding hydrogens is 394 g/mol. The van der Waals surface area contributed by atoms with E-state index in [9.17, 15) is 9.59 Å². The lowest BCUT2D eigenvalue weighted by molar-refractivity contribution is 0.0526. The zero-order chi connectivity index (χ0) is 21.8. The van der Waals surface area contributed by atoms with E-state index in [2.05, 4.69) is 0 Å².